The van der Waals surface area contributed by atoms with E-state index in [0.29, 0.717) is 5.75 Å². The van der Waals surface area contributed by atoms with Crippen LogP contribution in [0, 0.1) is 0 Å². The van der Waals surface area contributed by atoms with Gasteiger partial charge in [0.15, 0.2) is 0 Å². The van der Waals surface area contributed by atoms with Crippen LogP contribution in [0.2, 0.25) is 0 Å². The zero-order chi connectivity index (χ0) is 15.6. The monoisotopic (exact) mass is 350 g/mol. The smallest absolute Gasteiger partial charge is 0.338 e. The van der Waals surface area contributed by atoms with Crippen molar-refractivity contribution >= 4 is 27.6 Å². The number of benzene rings is 1. The van der Waals surface area contributed by atoms with E-state index in [4.69, 9.17) is 15.6 Å². The molecule has 0 bridgehead atoms. The van der Waals surface area contributed by atoms with Gasteiger partial charge in [0.05, 0.1) is 5.56 Å². The first-order chi connectivity index (χ1) is 9.90. The molecule has 1 aromatic carbocycles. The number of nitrogens with two attached hydrogens (primary N) is 1. The molecule has 6 heteroatoms. The molecular weight excluding hydrogens is 336 g/mol. The molecule has 0 amide bonds. The Morgan fingerprint density at radius 3 is 2.71 bits per heavy atom. The van der Waals surface area contributed by atoms with Crippen molar-refractivity contribution in [3.05, 3.63) is 46.1 Å². The number of hydrogen-bond donors (Lipinski definition) is 2. The molecule has 0 aliphatic heterocycles. The average Bonchev–Trinajstić information content (AvgIpc) is 2.42. The van der Waals surface area contributed by atoms with Crippen LogP contribution in [-0.4, -0.2) is 16.1 Å². The van der Waals surface area contributed by atoms with E-state index in [9.17, 15) is 4.79 Å². The highest BCUT2D eigenvalue weighted by Gasteiger charge is 2.16. The summed E-state index contributed by atoms with van der Waals surface area (Å²) in [6.07, 6.45) is 1.36. The molecule has 2 rings (SSSR count). The lowest BCUT2D eigenvalue weighted by Crippen LogP contribution is -2.05. The summed E-state index contributed by atoms with van der Waals surface area (Å²) in [6, 6.07) is 6.94. The number of anilines is 1. The fraction of sp³-hybridized carbons (Fsp3) is 0.200. The van der Waals surface area contributed by atoms with Gasteiger partial charge < -0.3 is 15.6 Å². The number of aromatic carboxylic acids is 1. The summed E-state index contributed by atoms with van der Waals surface area (Å²) in [6.45, 7) is 4.08. The van der Waals surface area contributed by atoms with Gasteiger partial charge in [-0.1, -0.05) is 29.8 Å². The first-order valence-corrected chi connectivity index (χ1v) is 7.14. The Kier molecular flexibility index (Phi) is 4.47. The van der Waals surface area contributed by atoms with Crippen molar-refractivity contribution in [3.63, 3.8) is 0 Å². The summed E-state index contributed by atoms with van der Waals surface area (Å²) in [5.74, 6) is -0.171. The summed E-state index contributed by atoms with van der Waals surface area (Å²) in [4.78, 5) is 15.1. The van der Waals surface area contributed by atoms with E-state index in [1.807, 2.05) is 26.0 Å². The maximum absolute atomic E-state index is 11.1. The normalized spacial score (nSPS) is 10.7. The van der Waals surface area contributed by atoms with Gasteiger partial charge in [0.1, 0.15) is 11.4 Å². The van der Waals surface area contributed by atoms with E-state index >= 15 is 0 Å². The maximum atomic E-state index is 11.1. The SMILES string of the molecule is CC(C)c1cc(Br)ccc1Oc1nccc(C(=O)O)c1N. The number of carbonyl (C=O) groups is 1. The lowest BCUT2D eigenvalue weighted by atomic mass is 10.0. The zero-order valence-corrected chi connectivity index (χ0v) is 13.2. The summed E-state index contributed by atoms with van der Waals surface area (Å²) < 4.78 is 6.67. The van der Waals surface area contributed by atoms with Gasteiger partial charge in [-0.2, -0.15) is 0 Å². The second kappa shape index (κ2) is 6.13. The molecule has 110 valence electrons. The predicted molar refractivity (Wildman–Crippen MR) is 83.9 cm³/mol. The molecule has 0 unspecified atom stereocenters. The van der Waals surface area contributed by atoms with Gasteiger partial charge in [0, 0.05) is 10.7 Å². The third-order valence-electron chi connectivity index (χ3n) is 2.98. The fourth-order valence-corrected chi connectivity index (χ4v) is 2.27. The number of ether oxygens (including phenoxy) is 1. The van der Waals surface area contributed by atoms with Crippen LogP contribution in [0.25, 0.3) is 0 Å². The molecule has 0 aliphatic rings. The van der Waals surface area contributed by atoms with Crippen LogP contribution in [-0.2, 0) is 0 Å². The zero-order valence-electron chi connectivity index (χ0n) is 11.6. The van der Waals surface area contributed by atoms with Crippen molar-refractivity contribution in [2.24, 2.45) is 0 Å². The van der Waals surface area contributed by atoms with Crippen molar-refractivity contribution in [2.45, 2.75) is 19.8 Å². The number of halogens is 1. The number of nitrogens with zero attached hydrogens (tertiary/aromatic N) is 1. The highest BCUT2D eigenvalue weighted by Crippen LogP contribution is 2.34. The molecule has 0 fully saturated rings. The van der Waals surface area contributed by atoms with Crippen molar-refractivity contribution in [1.82, 2.24) is 4.98 Å². The molecule has 0 aliphatic carbocycles. The van der Waals surface area contributed by atoms with Crippen LogP contribution in [0.15, 0.2) is 34.9 Å². The Bertz CT molecular complexity index is 687. The summed E-state index contributed by atoms with van der Waals surface area (Å²) >= 11 is 3.42. The predicted octanol–water partition coefficient (Wildman–Crippen LogP) is 4.04. The third kappa shape index (κ3) is 3.33. The molecule has 21 heavy (non-hydrogen) atoms. The molecule has 5 nitrogen and oxygen atoms in total. The Morgan fingerprint density at radius 2 is 2.10 bits per heavy atom. The third-order valence-corrected chi connectivity index (χ3v) is 3.48. The molecule has 1 aromatic heterocycles. The Morgan fingerprint density at radius 1 is 1.38 bits per heavy atom. The molecule has 1 heterocycles. The molecule has 0 saturated carbocycles. The van der Waals surface area contributed by atoms with Crippen molar-refractivity contribution in [3.8, 4) is 11.6 Å². The van der Waals surface area contributed by atoms with Gasteiger partial charge in [-0.15, -0.1) is 0 Å². The van der Waals surface area contributed by atoms with E-state index < -0.39 is 5.97 Å². The number of aromatic nitrogens is 1. The second-order valence-corrected chi connectivity index (χ2v) is 5.74. The maximum Gasteiger partial charge on any atom is 0.338 e. The molecule has 3 N–H and O–H groups in total. The Hall–Kier alpha value is -2.08. The highest BCUT2D eigenvalue weighted by atomic mass is 79.9. The quantitative estimate of drug-likeness (QED) is 0.868. The molecule has 0 spiro atoms. The second-order valence-electron chi connectivity index (χ2n) is 4.82. The minimum absolute atomic E-state index is 0.0163. The fourth-order valence-electron chi connectivity index (χ4n) is 1.89. The first kappa shape index (κ1) is 15.3. The van der Waals surface area contributed by atoms with Gasteiger partial charge in [-0.05, 0) is 35.7 Å². The minimum Gasteiger partial charge on any atom is -0.478 e. The number of carboxylic acids is 1. The topological polar surface area (TPSA) is 85.4 Å². The molecule has 0 atom stereocenters. The lowest BCUT2D eigenvalue weighted by molar-refractivity contribution is 0.0697. The van der Waals surface area contributed by atoms with Crippen molar-refractivity contribution in [1.29, 1.82) is 0 Å². The number of rotatable bonds is 4. The van der Waals surface area contributed by atoms with E-state index in [2.05, 4.69) is 20.9 Å². The van der Waals surface area contributed by atoms with E-state index in [0.717, 1.165) is 10.0 Å². The van der Waals surface area contributed by atoms with Crippen LogP contribution in [0.1, 0.15) is 35.7 Å². The lowest BCUT2D eigenvalue weighted by Gasteiger charge is -2.15. The van der Waals surface area contributed by atoms with Gasteiger partial charge >= 0.3 is 5.97 Å². The van der Waals surface area contributed by atoms with Crippen molar-refractivity contribution in [2.75, 3.05) is 5.73 Å². The Labute approximate surface area is 130 Å². The molecular formula is C15H15BrN2O3. The highest BCUT2D eigenvalue weighted by molar-refractivity contribution is 9.10. The average molecular weight is 351 g/mol. The largest absolute Gasteiger partial charge is 0.478 e. The van der Waals surface area contributed by atoms with Gasteiger partial charge in [-0.25, -0.2) is 9.78 Å². The van der Waals surface area contributed by atoms with E-state index in [-0.39, 0.29) is 23.0 Å². The van der Waals surface area contributed by atoms with E-state index in [1.165, 1.54) is 12.3 Å². The van der Waals surface area contributed by atoms with Gasteiger partial charge in [0.25, 0.3) is 0 Å². The Balaban J connectivity index is 2.44. The van der Waals surface area contributed by atoms with Crippen LogP contribution in [0.3, 0.4) is 0 Å². The van der Waals surface area contributed by atoms with Crippen LogP contribution in [0.5, 0.6) is 11.6 Å². The van der Waals surface area contributed by atoms with Crippen LogP contribution < -0.4 is 10.5 Å². The number of hydrogen-bond acceptors (Lipinski definition) is 4. The first-order valence-electron chi connectivity index (χ1n) is 6.35. The van der Waals surface area contributed by atoms with Gasteiger partial charge in [0.2, 0.25) is 5.88 Å². The van der Waals surface area contributed by atoms with Crippen molar-refractivity contribution < 1.29 is 14.6 Å². The summed E-state index contributed by atoms with van der Waals surface area (Å²) in [5, 5.41) is 9.07. The minimum atomic E-state index is -1.11. The number of nitrogen functional groups attached to an aromatic ring is 1. The van der Waals surface area contributed by atoms with Crippen LogP contribution in [0.4, 0.5) is 5.69 Å². The van der Waals surface area contributed by atoms with Crippen LogP contribution >= 0.6 is 15.9 Å². The molecule has 0 saturated heterocycles. The molecule has 0 radical (unpaired) electrons. The summed E-state index contributed by atoms with van der Waals surface area (Å²) in [7, 11) is 0. The van der Waals surface area contributed by atoms with Gasteiger partial charge in [-0.3, -0.25) is 0 Å². The van der Waals surface area contributed by atoms with E-state index in [1.54, 1.807) is 6.07 Å². The summed E-state index contributed by atoms with van der Waals surface area (Å²) in [5.41, 5.74) is 6.78. The number of pyridine rings is 1. The molecule has 2 aromatic rings. The number of carboxylic acid groups (broad SMARTS) is 1. The standard InChI is InChI=1S/C15H15BrN2O3/c1-8(2)11-7-9(16)3-4-12(11)21-14-13(17)10(15(19)20)5-6-18-14/h3-8H,17H2,1-2H3,(H,19,20).